The van der Waals surface area contributed by atoms with E-state index >= 15 is 0 Å². The van der Waals surface area contributed by atoms with Crippen molar-refractivity contribution >= 4 is 11.8 Å². The summed E-state index contributed by atoms with van der Waals surface area (Å²) in [7, 11) is 0. The predicted molar refractivity (Wildman–Crippen MR) is 125 cm³/mol. The van der Waals surface area contributed by atoms with Crippen LogP contribution in [0.3, 0.4) is 0 Å². The van der Waals surface area contributed by atoms with E-state index in [1.807, 2.05) is 0 Å². The van der Waals surface area contributed by atoms with Gasteiger partial charge in [-0.15, -0.1) is 5.73 Å². The van der Waals surface area contributed by atoms with Crippen LogP contribution in [-0.4, -0.2) is 0 Å². The lowest BCUT2D eigenvalue weighted by Crippen LogP contribution is -1.98. The summed E-state index contributed by atoms with van der Waals surface area (Å²) in [5.41, 5.74) is 11.2. The molecule has 0 atom stereocenters. The number of hydrogen-bond donors (Lipinski definition) is 0. The van der Waals surface area contributed by atoms with E-state index in [1.165, 1.54) is 47.1 Å². The van der Waals surface area contributed by atoms with Crippen LogP contribution in [0.2, 0.25) is 0 Å². The minimum atomic E-state index is 0.923. The first-order valence-electron chi connectivity index (χ1n) is 10.0. The zero-order valence-electron chi connectivity index (χ0n) is 18.0. The quantitative estimate of drug-likeness (QED) is 0.274. The van der Waals surface area contributed by atoms with E-state index < -0.39 is 0 Å². The summed E-state index contributed by atoms with van der Waals surface area (Å²) >= 11 is 1.64. The molecule has 27 heavy (non-hydrogen) atoms. The normalized spacial score (nSPS) is 11.6. The fourth-order valence-electron chi connectivity index (χ4n) is 2.94. The van der Waals surface area contributed by atoms with Gasteiger partial charge in [-0.2, -0.15) is 0 Å². The Hall–Kier alpha value is -1.69. The molecule has 1 heteroatoms. The number of thioether (sulfide) groups is 1. The Morgan fingerprint density at radius 3 is 2.37 bits per heavy atom. The maximum absolute atomic E-state index is 4.15. The van der Waals surface area contributed by atoms with Crippen LogP contribution in [0.5, 0.6) is 0 Å². The van der Waals surface area contributed by atoms with E-state index in [9.17, 15) is 0 Å². The van der Waals surface area contributed by atoms with Crippen LogP contribution >= 0.6 is 11.8 Å². The molecular weight excluding hydrogens is 344 g/mol. The third-order valence-electron chi connectivity index (χ3n) is 5.12. The zero-order chi connectivity index (χ0) is 20.4. The molecule has 0 saturated heterocycles. The minimum absolute atomic E-state index is 0.923. The number of benzene rings is 1. The molecule has 1 rings (SSSR count). The first-order valence-corrected chi connectivity index (χ1v) is 10.9. The smallest absolute Gasteiger partial charge is 0.0563 e. The van der Waals surface area contributed by atoms with Crippen molar-refractivity contribution in [3.05, 3.63) is 86.9 Å². The third kappa shape index (κ3) is 7.45. The Morgan fingerprint density at radius 1 is 1.07 bits per heavy atom. The van der Waals surface area contributed by atoms with Crippen LogP contribution in [0.4, 0.5) is 0 Å². The second kappa shape index (κ2) is 11.9. The van der Waals surface area contributed by atoms with Crippen LogP contribution in [-0.2, 0) is 12.8 Å². The molecule has 146 valence electrons. The summed E-state index contributed by atoms with van der Waals surface area (Å²) in [6.45, 7) is 23.1. The first kappa shape index (κ1) is 23.3. The third-order valence-corrected chi connectivity index (χ3v) is 6.31. The van der Waals surface area contributed by atoms with Gasteiger partial charge >= 0.3 is 0 Å². The fraction of sp³-hybridized carbons (Fsp3) is 0.423. The van der Waals surface area contributed by atoms with Gasteiger partial charge in [0.1, 0.15) is 0 Å². The molecular formula is C26H36S. The molecule has 0 fully saturated rings. The molecule has 0 bridgehead atoms. The number of hydrogen-bond acceptors (Lipinski definition) is 1. The lowest BCUT2D eigenvalue weighted by molar-refractivity contribution is 0.781. The van der Waals surface area contributed by atoms with Gasteiger partial charge in [-0.1, -0.05) is 81.1 Å². The monoisotopic (exact) mass is 380 g/mol. The van der Waals surface area contributed by atoms with E-state index in [1.54, 1.807) is 11.8 Å². The highest BCUT2D eigenvalue weighted by Gasteiger charge is 2.10. The van der Waals surface area contributed by atoms with Gasteiger partial charge in [0.05, 0.1) is 4.91 Å². The second-order valence-electron chi connectivity index (χ2n) is 7.27. The average Bonchev–Trinajstić information content (AvgIpc) is 2.67. The van der Waals surface area contributed by atoms with Crippen molar-refractivity contribution in [3.8, 4) is 0 Å². The number of unbranched alkanes of at least 4 members (excludes halogenated alkanes) is 1. The molecule has 0 amide bonds. The molecule has 0 nitrogen and oxygen atoms in total. The van der Waals surface area contributed by atoms with Gasteiger partial charge in [-0.25, -0.2) is 0 Å². The van der Waals surface area contributed by atoms with Gasteiger partial charge in [0, 0.05) is 4.91 Å². The van der Waals surface area contributed by atoms with E-state index in [4.69, 9.17) is 0 Å². The summed E-state index contributed by atoms with van der Waals surface area (Å²) in [4.78, 5) is 2.08. The lowest BCUT2D eigenvalue weighted by Gasteiger charge is -2.14. The van der Waals surface area contributed by atoms with E-state index in [0.717, 1.165) is 34.6 Å². The Bertz CT molecular complexity index is 754. The van der Waals surface area contributed by atoms with E-state index in [2.05, 4.69) is 78.3 Å². The average molecular weight is 381 g/mol. The summed E-state index contributed by atoms with van der Waals surface area (Å²) in [6.07, 6.45) is 6.74. The van der Waals surface area contributed by atoms with Crippen molar-refractivity contribution in [2.75, 3.05) is 0 Å². The highest BCUT2D eigenvalue weighted by atomic mass is 32.2. The van der Waals surface area contributed by atoms with Crippen molar-refractivity contribution in [2.45, 2.75) is 73.1 Å². The minimum Gasteiger partial charge on any atom is -0.113 e. The van der Waals surface area contributed by atoms with Gasteiger partial charge in [0.25, 0.3) is 0 Å². The molecule has 1 aromatic carbocycles. The number of aryl methyl sites for hydroxylation is 3. The molecule has 0 N–H and O–H groups in total. The highest BCUT2D eigenvalue weighted by Crippen LogP contribution is 2.35. The largest absolute Gasteiger partial charge is 0.113 e. The first-order chi connectivity index (χ1) is 12.8. The van der Waals surface area contributed by atoms with Gasteiger partial charge < -0.3 is 0 Å². The molecule has 1 aromatic rings. The van der Waals surface area contributed by atoms with Gasteiger partial charge in [-0.05, 0) is 75.1 Å². The molecule has 0 aliphatic heterocycles. The van der Waals surface area contributed by atoms with Crippen molar-refractivity contribution in [3.63, 3.8) is 0 Å². The van der Waals surface area contributed by atoms with Crippen LogP contribution in [0, 0.1) is 6.92 Å². The number of allylic oxidation sites excluding steroid dienone is 3. The second-order valence-corrected chi connectivity index (χ2v) is 8.37. The predicted octanol–water partition coefficient (Wildman–Crippen LogP) is 8.49. The van der Waals surface area contributed by atoms with Crippen LogP contribution in [0.25, 0.3) is 0 Å². The van der Waals surface area contributed by atoms with Crippen molar-refractivity contribution in [1.29, 1.82) is 0 Å². The molecule has 0 radical (unpaired) electrons. The maximum atomic E-state index is 4.15. The topological polar surface area (TPSA) is 0 Å². The molecule has 0 saturated carbocycles. The lowest BCUT2D eigenvalue weighted by atomic mass is 9.94. The fourth-order valence-corrected chi connectivity index (χ4v) is 3.87. The maximum Gasteiger partial charge on any atom is 0.0563 e. The Balaban J connectivity index is 2.90. The van der Waals surface area contributed by atoms with Crippen molar-refractivity contribution in [1.82, 2.24) is 0 Å². The summed E-state index contributed by atoms with van der Waals surface area (Å²) < 4.78 is 0. The van der Waals surface area contributed by atoms with Gasteiger partial charge in [0.2, 0.25) is 0 Å². The van der Waals surface area contributed by atoms with E-state index in [0.29, 0.717) is 0 Å². The van der Waals surface area contributed by atoms with Crippen molar-refractivity contribution < 1.29 is 0 Å². The standard InChI is InChI=1S/C26H36S/c1-9-12-13-25-18-19(4)14-16-24(25)17-15-21(6)22(7)26(11-3)27-23(8)20(5)10-2/h14,16,18H,3,5,8-10,12-13,15,17H2,1-2,4,6-7H3/b22-21+. The zero-order valence-corrected chi connectivity index (χ0v) is 18.8. The highest BCUT2D eigenvalue weighted by molar-refractivity contribution is 8.07. The molecule has 0 aliphatic rings. The Kier molecular flexibility index (Phi) is 10.3. The van der Waals surface area contributed by atoms with Gasteiger partial charge in [-0.3, -0.25) is 0 Å². The van der Waals surface area contributed by atoms with E-state index in [-0.39, 0.29) is 0 Å². The van der Waals surface area contributed by atoms with Gasteiger partial charge in [0.15, 0.2) is 0 Å². The number of rotatable bonds is 11. The molecule has 0 unspecified atom stereocenters. The van der Waals surface area contributed by atoms with Crippen LogP contribution < -0.4 is 0 Å². The van der Waals surface area contributed by atoms with Crippen molar-refractivity contribution in [2.24, 2.45) is 0 Å². The molecule has 0 aliphatic carbocycles. The molecule has 0 spiro atoms. The Morgan fingerprint density at radius 2 is 1.78 bits per heavy atom. The Labute approximate surface area is 171 Å². The summed E-state index contributed by atoms with van der Waals surface area (Å²) in [6, 6.07) is 6.92. The summed E-state index contributed by atoms with van der Waals surface area (Å²) in [5, 5.41) is 0. The SMILES string of the molecule is C=C=C(SC(=C)C(=C)CC)/C(C)=C(\C)CCc1ccc(C)cc1CCCC. The van der Waals surface area contributed by atoms with Crippen LogP contribution in [0.1, 0.15) is 70.1 Å². The summed E-state index contributed by atoms with van der Waals surface area (Å²) in [5.74, 6) is 0. The van der Waals surface area contributed by atoms with Crippen LogP contribution in [0.15, 0.2) is 70.2 Å². The molecule has 0 heterocycles. The molecule has 0 aromatic heterocycles.